The molecule has 0 saturated carbocycles. The molecule has 1 heterocycles. The Morgan fingerprint density at radius 3 is 2.73 bits per heavy atom. The second-order valence-electron chi connectivity index (χ2n) is 2.84. The van der Waals surface area contributed by atoms with Crippen molar-refractivity contribution in [2.24, 2.45) is 5.92 Å². The topological polar surface area (TPSA) is 26.3 Å². The van der Waals surface area contributed by atoms with E-state index in [1.54, 1.807) is 6.26 Å². The molecule has 0 N–H and O–H groups in total. The van der Waals surface area contributed by atoms with Crippen molar-refractivity contribution in [3.8, 4) is 0 Å². The van der Waals surface area contributed by atoms with Gasteiger partial charge in [0.2, 0.25) is 0 Å². The van der Waals surface area contributed by atoms with Crippen molar-refractivity contribution in [2.45, 2.75) is 20.0 Å². The minimum atomic E-state index is -0.552. The summed E-state index contributed by atoms with van der Waals surface area (Å²) in [4.78, 5) is 0. The van der Waals surface area contributed by atoms with Gasteiger partial charge in [-0.1, -0.05) is 6.08 Å². The van der Waals surface area contributed by atoms with E-state index in [0.29, 0.717) is 5.92 Å². The number of ether oxygens (including phenoxy) is 1. The Hall–Kier alpha value is -0.310. The summed E-state index contributed by atoms with van der Waals surface area (Å²) < 4.78 is 16.1. The maximum absolute atomic E-state index is 10.7. The molecule has 0 bridgehead atoms. The highest BCUT2D eigenvalue weighted by atomic mass is 32.2. The molecule has 0 aromatic rings. The average Bonchev–Trinajstić information content (AvgIpc) is 1.94. The molecule has 1 atom stereocenters. The van der Waals surface area contributed by atoms with Crippen LogP contribution in [0, 0.1) is 5.92 Å². The van der Waals surface area contributed by atoms with Crippen molar-refractivity contribution in [3.63, 3.8) is 0 Å². The second-order valence-corrected chi connectivity index (χ2v) is 4.39. The zero-order valence-corrected chi connectivity index (χ0v) is 7.76. The lowest BCUT2D eigenvalue weighted by atomic mass is 10.1. The predicted octanol–water partition coefficient (Wildman–Crippen LogP) is 1.30. The zero-order chi connectivity index (χ0) is 8.27. The van der Waals surface area contributed by atoms with Crippen LogP contribution in [0.15, 0.2) is 12.3 Å². The first-order valence-electron chi connectivity index (χ1n) is 3.85. The fourth-order valence-electron chi connectivity index (χ4n) is 1.01. The summed E-state index contributed by atoms with van der Waals surface area (Å²) in [6.45, 7) is 3.95. The molecule has 0 radical (unpaired) electrons. The van der Waals surface area contributed by atoms with E-state index in [-0.39, 0.29) is 6.10 Å². The second kappa shape index (κ2) is 3.90. The Morgan fingerprint density at radius 1 is 1.64 bits per heavy atom. The number of rotatable bonds is 3. The summed E-state index contributed by atoms with van der Waals surface area (Å²) in [5.74, 6) is 2.14. The summed E-state index contributed by atoms with van der Waals surface area (Å²) in [6, 6.07) is 0. The van der Waals surface area contributed by atoms with Crippen molar-refractivity contribution in [1.82, 2.24) is 0 Å². The number of allylic oxidation sites excluding steroid dienone is 1. The third-order valence-corrected chi connectivity index (χ3v) is 3.49. The van der Waals surface area contributed by atoms with Crippen LogP contribution in [0.5, 0.6) is 0 Å². The standard InChI is InChI=1S/C8H14O2S/c1-3-4-10-7(2)8-5-11(9)6-8/h3-4,7-8H,5-6H2,1-2H3/b4-3+. The molecular formula is C8H14O2S. The van der Waals surface area contributed by atoms with Crippen molar-refractivity contribution in [1.29, 1.82) is 0 Å². The van der Waals surface area contributed by atoms with Crippen LogP contribution in [0.25, 0.3) is 0 Å². The molecule has 1 rings (SSSR count). The van der Waals surface area contributed by atoms with Crippen LogP contribution in [0.2, 0.25) is 0 Å². The van der Waals surface area contributed by atoms with Gasteiger partial charge in [0.1, 0.15) is 0 Å². The van der Waals surface area contributed by atoms with E-state index < -0.39 is 10.8 Å². The van der Waals surface area contributed by atoms with E-state index in [2.05, 4.69) is 0 Å². The molecule has 1 aliphatic rings. The van der Waals surface area contributed by atoms with Crippen LogP contribution in [0.1, 0.15) is 13.8 Å². The Morgan fingerprint density at radius 2 is 2.27 bits per heavy atom. The molecule has 1 fully saturated rings. The smallest absolute Gasteiger partial charge is 0.0995 e. The summed E-state index contributed by atoms with van der Waals surface area (Å²) in [6.07, 6.45) is 3.79. The third kappa shape index (κ3) is 2.33. The lowest BCUT2D eigenvalue weighted by Crippen LogP contribution is -2.39. The molecule has 0 aliphatic carbocycles. The van der Waals surface area contributed by atoms with Crippen LogP contribution >= 0.6 is 0 Å². The maximum atomic E-state index is 10.7. The van der Waals surface area contributed by atoms with Gasteiger partial charge in [-0.15, -0.1) is 0 Å². The first-order chi connectivity index (χ1) is 5.24. The molecule has 0 spiro atoms. The van der Waals surface area contributed by atoms with Crippen molar-refractivity contribution in [2.75, 3.05) is 11.5 Å². The van der Waals surface area contributed by atoms with E-state index in [4.69, 9.17) is 4.74 Å². The Balaban J connectivity index is 2.20. The summed E-state index contributed by atoms with van der Waals surface area (Å²) in [5.41, 5.74) is 0. The normalized spacial score (nSPS) is 33.3. The molecule has 1 unspecified atom stereocenters. The SMILES string of the molecule is C/C=C/OC(C)C1CS(=O)C1. The van der Waals surface area contributed by atoms with E-state index in [1.807, 2.05) is 19.9 Å². The molecule has 2 nitrogen and oxygen atoms in total. The zero-order valence-electron chi connectivity index (χ0n) is 6.95. The summed E-state index contributed by atoms with van der Waals surface area (Å²) in [5, 5.41) is 0. The van der Waals surface area contributed by atoms with Crippen molar-refractivity contribution in [3.05, 3.63) is 12.3 Å². The van der Waals surface area contributed by atoms with Gasteiger partial charge in [0.15, 0.2) is 0 Å². The highest BCUT2D eigenvalue weighted by Crippen LogP contribution is 2.20. The van der Waals surface area contributed by atoms with Crippen LogP contribution in [0.4, 0.5) is 0 Å². The molecule has 11 heavy (non-hydrogen) atoms. The lowest BCUT2D eigenvalue weighted by Gasteiger charge is -2.29. The first kappa shape index (κ1) is 8.78. The number of hydrogen-bond donors (Lipinski definition) is 0. The molecule has 3 heteroatoms. The highest BCUT2D eigenvalue weighted by Gasteiger charge is 2.30. The van der Waals surface area contributed by atoms with Crippen molar-refractivity contribution < 1.29 is 8.95 Å². The molecule has 0 aromatic carbocycles. The molecule has 0 aromatic heterocycles. The van der Waals surface area contributed by atoms with Gasteiger partial charge in [0.25, 0.3) is 0 Å². The van der Waals surface area contributed by atoms with Crippen LogP contribution in [-0.2, 0) is 15.5 Å². The average molecular weight is 174 g/mol. The van der Waals surface area contributed by atoms with Gasteiger partial charge in [-0.05, 0) is 13.8 Å². The summed E-state index contributed by atoms with van der Waals surface area (Å²) >= 11 is 0. The molecular weight excluding hydrogens is 160 g/mol. The van der Waals surface area contributed by atoms with E-state index in [0.717, 1.165) is 11.5 Å². The van der Waals surface area contributed by atoms with Gasteiger partial charge in [-0.25, -0.2) is 0 Å². The van der Waals surface area contributed by atoms with E-state index in [1.165, 1.54) is 0 Å². The fourth-order valence-corrected chi connectivity index (χ4v) is 2.41. The minimum Gasteiger partial charge on any atom is -0.498 e. The van der Waals surface area contributed by atoms with E-state index >= 15 is 0 Å². The van der Waals surface area contributed by atoms with Crippen LogP contribution in [-0.4, -0.2) is 21.8 Å². The number of hydrogen-bond acceptors (Lipinski definition) is 2. The quantitative estimate of drug-likeness (QED) is 0.603. The van der Waals surface area contributed by atoms with Gasteiger partial charge in [-0.3, -0.25) is 4.21 Å². The van der Waals surface area contributed by atoms with Crippen LogP contribution < -0.4 is 0 Å². The first-order valence-corrected chi connectivity index (χ1v) is 5.34. The maximum Gasteiger partial charge on any atom is 0.0995 e. The Bertz CT molecular complexity index is 169. The van der Waals surface area contributed by atoms with Gasteiger partial charge in [0, 0.05) is 28.2 Å². The monoisotopic (exact) mass is 174 g/mol. The fraction of sp³-hybridized carbons (Fsp3) is 0.750. The lowest BCUT2D eigenvalue weighted by molar-refractivity contribution is 0.115. The molecule has 64 valence electrons. The molecule has 1 saturated heterocycles. The Kier molecular flexibility index (Phi) is 3.12. The largest absolute Gasteiger partial charge is 0.498 e. The predicted molar refractivity (Wildman–Crippen MR) is 46.7 cm³/mol. The van der Waals surface area contributed by atoms with Gasteiger partial charge in [0.05, 0.1) is 12.4 Å². The van der Waals surface area contributed by atoms with E-state index in [9.17, 15) is 4.21 Å². The molecule has 1 aliphatic heterocycles. The third-order valence-electron chi connectivity index (χ3n) is 1.89. The van der Waals surface area contributed by atoms with Gasteiger partial charge < -0.3 is 4.74 Å². The van der Waals surface area contributed by atoms with Gasteiger partial charge in [-0.2, -0.15) is 0 Å². The minimum absolute atomic E-state index is 0.226. The highest BCUT2D eigenvalue weighted by molar-refractivity contribution is 7.86. The Labute approximate surface area is 70.1 Å². The van der Waals surface area contributed by atoms with Crippen LogP contribution in [0.3, 0.4) is 0 Å². The van der Waals surface area contributed by atoms with Crippen molar-refractivity contribution >= 4 is 10.8 Å². The van der Waals surface area contributed by atoms with Gasteiger partial charge >= 0.3 is 0 Å². The summed E-state index contributed by atoms with van der Waals surface area (Å²) in [7, 11) is -0.552. The molecule has 0 amide bonds.